The molecule has 1 saturated heterocycles. The molecule has 112 valence electrons. The van der Waals surface area contributed by atoms with E-state index in [0.717, 1.165) is 15.6 Å². The molecular formula is C15H18N2O3S. The molecule has 1 aromatic carbocycles. The quantitative estimate of drug-likeness (QED) is 0.884. The molecule has 3 N–H and O–H groups in total. The fourth-order valence-electron chi connectivity index (χ4n) is 2.64. The van der Waals surface area contributed by atoms with Gasteiger partial charge in [-0.2, -0.15) is 0 Å². The summed E-state index contributed by atoms with van der Waals surface area (Å²) in [5.41, 5.74) is 7.82. The zero-order valence-electron chi connectivity index (χ0n) is 11.8. The number of thiophene rings is 1. The second-order valence-corrected chi connectivity index (χ2v) is 6.23. The summed E-state index contributed by atoms with van der Waals surface area (Å²) in [6, 6.07) is 5.60. The third kappa shape index (κ3) is 2.39. The fourth-order valence-corrected chi connectivity index (χ4v) is 3.79. The summed E-state index contributed by atoms with van der Waals surface area (Å²) in [7, 11) is 0. The van der Waals surface area contributed by atoms with Crippen molar-refractivity contribution in [3.8, 4) is 0 Å². The Bertz CT molecular complexity index is 683. The Morgan fingerprint density at radius 3 is 3.10 bits per heavy atom. The minimum atomic E-state index is -0.294. The molecule has 0 aliphatic carbocycles. The number of aryl methyl sites for hydroxylation is 1. The number of morpholine rings is 1. The van der Waals surface area contributed by atoms with Crippen LogP contribution in [0.3, 0.4) is 0 Å². The van der Waals surface area contributed by atoms with Crippen LogP contribution in [0.4, 0.5) is 5.69 Å². The first-order valence-corrected chi connectivity index (χ1v) is 7.72. The lowest BCUT2D eigenvalue weighted by atomic mass is 10.1. The molecule has 1 fully saturated rings. The van der Waals surface area contributed by atoms with Crippen molar-refractivity contribution in [1.29, 1.82) is 0 Å². The van der Waals surface area contributed by atoms with Crippen LogP contribution in [-0.4, -0.2) is 48.3 Å². The zero-order chi connectivity index (χ0) is 15.0. The maximum Gasteiger partial charge on any atom is 0.266 e. The smallest absolute Gasteiger partial charge is 0.266 e. The van der Waals surface area contributed by atoms with Crippen molar-refractivity contribution in [3.63, 3.8) is 0 Å². The van der Waals surface area contributed by atoms with Crippen LogP contribution in [-0.2, 0) is 4.74 Å². The number of nitrogens with two attached hydrogens (primary N) is 1. The molecule has 0 radical (unpaired) electrons. The second-order valence-electron chi connectivity index (χ2n) is 5.21. The Morgan fingerprint density at radius 2 is 2.38 bits per heavy atom. The van der Waals surface area contributed by atoms with Crippen molar-refractivity contribution in [2.45, 2.75) is 13.0 Å². The van der Waals surface area contributed by atoms with Crippen molar-refractivity contribution in [2.24, 2.45) is 0 Å². The van der Waals surface area contributed by atoms with Gasteiger partial charge in [0.1, 0.15) is 4.88 Å². The zero-order valence-corrected chi connectivity index (χ0v) is 12.7. The summed E-state index contributed by atoms with van der Waals surface area (Å²) in [4.78, 5) is 15.0. The lowest BCUT2D eigenvalue weighted by Gasteiger charge is -2.34. The first-order chi connectivity index (χ1) is 10.1. The number of hydrogen-bond acceptors (Lipinski definition) is 5. The number of carbonyl (C=O) groups is 1. The van der Waals surface area contributed by atoms with Crippen LogP contribution in [0.25, 0.3) is 10.1 Å². The van der Waals surface area contributed by atoms with Crippen LogP contribution in [0.5, 0.6) is 0 Å². The van der Waals surface area contributed by atoms with Gasteiger partial charge in [0.05, 0.1) is 31.5 Å². The number of rotatable bonds is 2. The lowest BCUT2D eigenvalue weighted by Crippen LogP contribution is -2.50. The monoisotopic (exact) mass is 306 g/mol. The van der Waals surface area contributed by atoms with Crippen LogP contribution >= 0.6 is 11.3 Å². The maximum absolute atomic E-state index is 12.8. The van der Waals surface area contributed by atoms with Crippen molar-refractivity contribution < 1.29 is 14.6 Å². The number of carbonyl (C=O) groups excluding carboxylic acids is 1. The van der Waals surface area contributed by atoms with Crippen molar-refractivity contribution in [3.05, 3.63) is 28.6 Å². The molecule has 1 atom stereocenters. The Balaban J connectivity index is 2.01. The predicted octanol–water partition coefficient (Wildman–Crippen LogP) is 1.63. The van der Waals surface area contributed by atoms with E-state index in [1.165, 1.54) is 11.3 Å². The van der Waals surface area contributed by atoms with E-state index < -0.39 is 0 Å². The largest absolute Gasteiger partial charge is 0.397 e. The fraction of sp³-hybridized carbons (Fsp3) is 0.400. The molecule has 5 nitrogen and oxygen atoms in total. The van der Waals surface area contributed by atoms with Crippen LogP contribution in [0.1, 0.15) is 15.2 Å². The predicted molar refractivity (Wildman–Crippen MR) is 83.7 cm³/mol. The molecule has 1 aromatic heterocycles. The molecule has 0 spiro atoms. The van der Waals surface area contributed by atoms with E-state index in [1.807, 2.05) is 25.1 Å². The van der Waals surface area contributed by atoms with Gasteiger partial charge in [0.25, 0.3) is 5.91 Å². The van der Waals surface area contributed by atoms with Gasteiger partial charge in [-0.1, -0.05) is 18.2 Å². The van der Waals surface area contributed by atoms with E-state index in [-0.39, 0.29) is 18.6 Å². The number of aliphatic hydroxyl groups is 1. The van der Waals surface area contributed by atoms with Crippen LogP contribution < -0.4 is 5.73 Å². The number of fused-ring (bicyclic) bond motifs is 1. The lowest BCUT2D eigenvalue weighted by molar-refractivity contribution is -0.0181. The molecule has 1 unspecified atom stereocenters. The topological polar surface area (TPSA) is 75.8 Å². The van der Waals surface area contributed by atoms with E-state index in [9.17, 15) is 9.90 Å². The van der Waals surface area contributed by atoms with Gasteiger partial charge in [-0.25, -0.2) is 0 Å². The molecule has 2 aromatic rings. The van der Waals surface area contributed by atoms with Gasteiger partial charge in [0, 0.05) is 16.6 Å². The number of nitrogen functional groups attached to an aromatic ring is 1. The van der Waals surface area contributed by atoms with Gasteiger partial charge in [0.15, 0.2) is 0 Å². The first-order valence-electron chi connectivity index (χ1n) is 6.90. The average Bonchev–Trinajstić information content (AvgIpc) is 2.85. The Morgan fingerprint density at radius 1 is 1.57 bits per heavy atom. The first kappa shape index (κ1) is 14.3. The van der Waals surface area contributed by atoms with Gasteiger partial charge in [-0.3, -0.25) is 4.79 Å². The summed E-state index contributed by atoms with van der Waals surface area (Å²) in [5, 5.41) is 10.3. The van der Waals surface area contributed by atoms with E-state index in [2.05, 4.69) is 0 Å². The van der Waals surface area contributed by atoms with Gasteiger partial charge in [0.2, 0.25) is 0 Å². The summed E-state index contributed by atoms with van der Waals surface area (Å²) >= 11 is 1.43. The molecule has 1 amide bonds. The molecule has 6 heteroatoms. The molecule has 3 rings (SSSR count). The third-order valence-corrected chi connectivity index (χ3v) is 5.19. The van der Waals surface area contributed by atoms with E-state index in [0.29, 0.717) is 30.3 Å². The van der Waals surface area contributed by atoms with Gasteiger partial charge in [-0.15, -0.1) is 11.3 Å². The van der Waals surface area contributed by atoms with Crippen molar-refractivity contribution in [2.75, 3.05) is 32.1 Å². The minimum Gasteiger partial charge on any atom is -0.397 e. The molecule has 21 heavy (non-hydrogen) atoms. The molecule has 2 heterocycles. The van der Waals surface area contributed by atoms with E-state index in [4.69, 9.17) is 10.5 Å². The summed E-state index contributed by atoms with van der Waals surface area (Å²) in [5.74, 6) is -0.115. The van der Waals surface area contributed by atoms with Gasteiger partial charge < -0.3 is 20.5 Å². The highest BCUT2D eigenvalue weighted by molar-refractivity contribution is 7.21. The van der Waals surface area contributed by atoms with Crippen molar-refractivity contribution in [1.82, 2.24) is 4.90 Å². The highest BCUT2D eigenvalue weighted by atomic mass is 32.1. The molecular weight excluding hydrogens is 288 g/mol. The summed E-state index contributed by atoms with van der Waals surface area (Å²) in [6.07, 6.45) is 0. The number of ether oxygens (including phenoxy) is 1. The molecule has 1 aliphatic rings. The van der Waals surface area contributed by atoms with Gasteiger partial charge in [-0.05, 0) is 12.5 Å². The number of benzene rings is 1. The van der Waals surface area contributed by atoms with E-state index in [1.54, 1.807) is 4.90 Å². The third-order valence-electron chi connectivity index (χ3n) is 3.84. The van der Waals surface area contributed by atoms with Crippen molar-refractivity contribution >= 4 is 33.0 Å². The van der Waals surface area contributed by atoms with Crippen LogP contribution in [0.2, 0.25) is 0 Å². The van der Waals surface area contributed by atoms with Crippen LogP contribution in [0.15, 0.2) is 18.2 Å². The molecule has 0 bridgehead atoms. The number of amides is 1. The van der Waals surface area contributed by atoms with Crippen LogP contribution in [0, 0.1) is 6.92 Å². The Labute approximate surface area is 126 Å². The van der Waals surface area contributed by atoms with Gasteiger partial charge >= 0.3 is 0 Å². The summed E-state index contributed by atoms with van der Waals surface area (Å²) in [6.45, 7) is 3.25. The maximum atomic E-state index is 12.8. The Hall–Kier alpha value is -1.63. The average molecular weight is 306 g/mol. The number of aliphatic hydroxyl groups excluding tert-OH is 1. The number of nitrogens with zero attached hydrogens (tertiary/aromatic N) is 1. The second kappa shape index (κ2) is 5.63. The summed E-state index contributed by atoms with van der Waals surface area (Å²) < 4.78 is 6.36. The molecule has 1 aliphatic heterocycles. The molecule has 0 saturated carbocycles. The SMILES string of the molecule is Cc1cccc2c(N)c(C(=O)N3CCOCC3CO)sc12. The standard InChI is InChI=1S/C15H18N2O3S/c1-9-3-2-4-11-12(16)14(21-13(9)11)15(19)17-5-6-20-8-10(17)7-18/h2-4,10,18H,5-8,16H2,1H3. The highest BCUT2D eigenvalue weighted by Crippen LogP contribution is 2.36. The number of anilines is 1. The normalized spacial score (nSPS) is 19.1. The Kier molecular flexibility index (Phi) is 3.84. The minimum absolute atomic E-state index is 0.102. The van der Waals surface area contributed by atoms with E-state index >= 15 is 0 Å². The number of hydrogen-bond donors (Lipinski definition) is 2. The highest BCUT2D eigenvalue weighted by Gasteiger charge is 2.30.